The SMILES string of the molecule is O=C(CCCCCNC(=O)c1ccccc1)Nc1ccccc1C(=O)c1ccccc1. The summed E-state index contributed by atoms with van der Waals surface area (Å²) in [6.07, 6.45) is 2.70. The molecule has 0 heterocycles. The molecule has 5 nitrogen and oxygen atoms in total. The van der Waals surface area contributed by atoms with Gasteiger partial charge in [-0.3, -0.25) is 14.4 Å². The van der Waals surface area contributed by atoms with Gasteiger partial charge in [-0.1, -0.05) is 67.1 Å². The second kappa shape index (κ2) is 11.5. The first kappa shape index (κ1) is 22.0. The first-order valence-electron chi connectivity index (χ1n) is 10.5. The third kappa shape index (κ3) is 6.64. The van der Waals surface area contributed by atoms with Gasteiger partial charge in [0.05, 0.1) is 5.69 Å². The smallest absolute Gasteiger partial charge is 0.251 e. The molecule has 2 N–H and O–H groups in total. The summed E-state index contributed by atoms with van der Waals surface area (Å²) in [5.41, 5.74) is 2.23. The number of nitrogens with one attached hydrogen (secondary N) is 2. The molecule has 3 aromatic rings. The van der Waals surface area contributed by atoms with Gasteiger partial charge in [-0.25, -0.2) is 0 Å². The highest BCUT2D eigenvalue weighted by atomic mass is 16.2. The number of carbonyl (C=O) groups excluding carboxylic acids is 3. The first-order chi connectivity index (χ1) is 15.1. The Bertz CT molecular complexity index is 1020. The Morgan fingerprint density at radius 2 is 1.26 bits per heavy atom. The highest BCUT2D eigenvalue weighted by molar-refractivity contribution is 6.13. The van der Waals surface area contributed by atoms with Gasteiger partial charge in [0, 0.05) is 29.7 Å². The zero-order valence-electron chi connectivity index (χ0n) is 17.3. The molecule has 0 bridgehead atoms. The Morgan fingerprint density at radius 3 is 1.97 bits per heavy atom. The molecule has 0 aliphatic heterocycles. The van der Waals surface area contributed by atoms with Crippen molar-refractivity contribution in [3.8, 4) is 0 Å². The molecule has 0 radical (unpaired) electrons. The quantitative estimate of drug-likeness (QED) is 0.368. The number of rotatable bonds is 10. The average molecular weight is 415 g/mol. The van der Waals surface area contributed by atoms with Crippen LogP contribution in [0, 0.1) is 0 Å². The van der Waals surface area contributed by atoms with Gasteiger partial charge in [-0.05, 0) is 37.1 Å². The van der Waals surface area contributed by atoms with Crippen LogP contribution in [-0.2, 0) is 4.79 Å². The fourth-order valence-corrected chi connectivity index (χ4v) is 3.23. The molecule has 0 saturated carbocycles. The number of benzene rings is 3. The van der Waals surface area contributed by atoms with Crippen LogP contribution in [0.15, 0.2) is 84.9 Å². The summed E-state index contributed by atoms with van der Waals surface area (Å²) in [5, 5.41) is 5.75. The van der Waals surface area contributed by atoms with Crippen LogP contribution in [0.3, 0.4) is 0 Å². The van der Waals surface area contributed by atoms with Crippen LogP contribution in [0.2, 0.25) is 0 Å². The van der Waals surface area contributed by atoms with Crippen molar-refractivity contribution < 1.29 is 14.4 Å². The number of amides is 2. The number of ketones is 1. The molecule has 31 heavy (non-hydrogen) atoms. The zero-order chi connectivity index (χ0) is 21.9. The monoisotopic (exact) mass is 414 g/mol. The van der Waals surface area contributed by atoms with Crippen molar-refractivity contribution >= 4 is 23.3 Å². The van der Waals surface area contributed by atoms with E-state index in [9.17, 15) is 14.4 Å². The molecule has 0 aliphatic carbocycles. The van der Waals surface area contributed by atoms with E-state index in [1.54, 1.807) is 48.5 Å². The number of hydrogen-bond acceptors (Lipinski definition) is 3. The number of hydrogen-bond donors (Lipinski definition) is 2. The van der Waals surface area contributed by atoms with Gasteiger partial charge in [0.25, 0.3) is 5.91 Å². The summed E-state index contributed by atoms with van der Waals surface area (Å²) in [5.74, 6) is -0.328. The van der Waals surface area contributed by atoms with Gasteiger partial charge in [-0.15, -0.1) is 0 Å². The van der Waals surface area contributed by atoms with Crippen LogP contribution in [0.1, 0.15) is 52.0 Å². The predicted molar refractivity (Wildman–Crippen MR) is 122 cm³/mol. The van der Waals surface area contributed by atoms with Crippen molar-refractivity contribution in [3.05, 3.63) is 102 Å². The summed E-state index contributed by atoms with van der Waals surface area (Å²) in [4.78, 5) is 37.1. The van der Waals surface area contributed by atoms with Gasteiger partial charge >= 0.3 is 0 Å². The lowest BCUT2D eigenvalue weighted by molar-refractivity contribution is -0.116. The number of carbonyl (C=O) groups is 3. The number of anilines is 1. The molecule has 3 aromatic carbocycles. The molecule has 0 aromatic heterocycles. The van der Waals surface area contributed by atoms with Crippen LogP contribution in [0.5, 0.6) is 0 Å². The lowest BCUT2D eigenvalue weighted by Gasteiger charge is -2.10. The van der Waals surface area contributed by atoms with E-state index in [1.807, 2.05) is 36.4 Å². The molecule has 3 rings (SSSR count). The highest BCUT2D eigenvalue weighted by Gasteiger charge is 2.14. The molecular formula is C26H26N2O3. The van der Waals surface area contributed by atoms with Crippen LogP contribution in [-0.4, -0.2) is 24.1 Å². The standard InChI is InChI=1S/C26H26N2O3/c29-24(18-8-3-11-19-27-26(31)21-14-6-2-7-15-21)28-23-17-10-9-16-22(23)25(30)20-12-4-1-5-13-20/h1-2,4-7,9-10,12-17H,3,8,11,18-19H2,(H,27,31)(H,28,29). The van der Waals surface area contributed by atoms with E-state index in [1.165, 1.54) is 0 Å². The molecule has 0 fully saturated rings. The van der Waals surface area contributed by atoms with E-state index < -0.39 is 0 Å². The molecule has 158 valence electrons. The molecule has 0 unspecified atom stereocenters. The predicted octanol–water partition coefficient (Wildman–Crippen LogP) is 4.85. The normalized spacial score (nSPS) is 10.3. The van der Waals surface area contributed by atoms with E-state index in [4.69, 9.17) is 0 Å². The van der Waals surface area contributed by atoms with Gasteiger partial charge in [0.1, 0.15) is 0 Å². The Labute approximate surface area is 182 Å². The van der Waals surface area contributed by atoms with E-state index >= 15 is 0 Å². The van der Waals surface area contributed by atoms with Crippen molar-refractivity contribution in [1.82, 2.24) is 5.32 Å². The fourth-order valence-electron chi connectivity index (χ4n) is 3.23. The summed E-state index contributed by atoms with van der Waals surface area (Å²) >= 11 is 0. The Hall–Kier alpha value is -3.73. The van der Waals surface area contributed by atoms with Crippen molar-refractivity contribution in [2.45, 2.75) is 25.7 Å². The van der Waals surface area contributed by atoms with Crippen molar-refractivity contribution in [3.63, 3.8) is 0 Å². The van der Waals surface area contributed by atoms with Crippen LogP contribution in [0.25, 0.3) is 0 Å². The lowest BCUT2D eigenvalue weighted by atomic mass is 10.0. The zero-order valence-corrected chi connectivity index (χ0v) is 17.3. The Balaban J connectivity index is 1.41. The lowest BCUT2D eigenvalue weighted by Crippen LogP contribution is -2.24. The Morgan fingerprint density at radius 1 is 0.645 bits per heavy atom. The third-order valence-electron chi connectivity index (χ3n) is 4.88. The van der Waals surface area contributed by atoms with E-state index in [-0.39, 0.29) is 17.6 Å². The maximum atomic E-state index is 12.8. The van der Waals surface area contributed by atoms with Crippen LogP contribution < -0.4 is 10.6 Å². The molecule has 5 heteroatoms. The van der Waals surface area contributed by atoms with Crippen LogP contribution in [0.4, 0.5) is 5.69 Å². The van der Waals surface area contributed by atoms with Gasteiger partial charge in [0.15, 0.2) is 5.78 Å². The van der Waals surface area contributed by atoms with E-state index in [0.717, 1.165) is 12.8 Å². The minimum absolute atomic E-state index is 0.0852. The minimum atomic E-state index is -0.123. The summed E-state index contributed by atoms with van der Waals surface area (Å²) < 4.78 is 0. The molecule has 0 spiro atoms. The maximum Gasteiger partial charge on any atom is 0.251 e. The molecule has 0 atom stereocenters. The summed E-state index contributed by atoms with van der Waals surface area (Å²) in [6.45, 7) is 0.573. The minimum Gasteiger partial charge on any atom is -0.352 e. The molecular weight excluding hydrogens is 388 g/mol. The topological polar surface area (TPSA) is 75.3 Å². The maximum absolute atomic E-state index is 12.8. The Kier molecular flexibility index (Phi) is 8.12. The molecule has 0 aliphatic rings. The first-order valence-corrected chi connectivity index (χ1v) is 10.5. The fraction of sp³-hybridized carbons (Fsp3) is 0.192. The third-order valence-corrected chi connectivity index (χ3v) is 4.88. The van der Waals surface area contributed by atoms with Gasteiger partial charge < -0.3 is 10.6 Å². The second-order valence-electron chi connectivity index (χ2n) is 7.22. The largest absolute Gasteiger partial charge is 0.352 e. The second-order valence-corrected chi connectivity index (χ2v) is 7.22. The van der Waals surface area contributed by atoms with Crippen molar-refractivity contribution in [2.24, 2.45) is 0 Å². The number of unbranched alkanes of at least 4 members (excludes halogenated alkanes) is 2. The van der Waals surface area contributed by atoms with Gasteiger partial charge in [0.2, 0.25) is 5.91 Å². The molecule has 2 amide bonds. The highest BCUT2D eigenvalue weighted by Crippen LogP contribution is 2.20. The van der Waals surface area contributed by atoms with Crippen LogP contribution >= 0.6 is 0 Å². The summed E-state index contributed by atoms with van der Waals surface area (Å²) in [6, 6.07) is 25.2. The van der Waals surface area contributed by atoms with E-state index in [0.29, 0.717) is 41.8 Å². The van der Waals surface area contributed by atoms with Crippen molar-refractivity contribution in [2.75, 3.05) is 11.9 Å². The number of para-hydroxylation sites is 1. The van der Waals surface area contributed by atoms with Gasteiger partial charge in [-0.2, -0.15) is 0 Å². The summed E-state index contributed by atoms with van der Waals surface area (Å²) in [7, 11) is 0. The van der Waals surface area contributed by atoms with E-state index in [2.05, 4.69) is 10.6 Å². The average Bonchev–Trinajstić information content (AvgIpc) is 2.82. The molecule has 0 saturated heterocycles. The van der Waals surface area contributed by atoms with Crippen molar-refractivity contribution in [1.29, 1.82) is 0 Å².